The van der Waals surface area contributed by atoms with E-state index < -0.39 is 74.2 Å². The summed E-state index contributed by atoms with van der Waals surface area (Å²) < 4.78 is 11.1. The molecule has 1 fully saturated rings. The highest BCUT2D eigenvalue weighted by molar-refractivity contribution is 5.80. The number of aliphatic hydroxyl groups excluding tert-OH is 7. The molecule has 0 unspecified atom stereocenters. The molecular formula is C45H89NO10. The normalized spacial score (nSPS) is 22.2. The number of rotatable bonds is 39. The van der Waals surface area contributed by atoms with Gasteiger partial charge in [0.2, 0.25) is 5.91 Å². The summed E-state index contributed by atoms with van der Waals surface area (Å²) in [6, 6.07) is -1.16. The van der Waals surface area contributed by atoms with Crippen LogP contribution in [0.15, 0.2) is 0 Å². The molecule has 0 spiro atoms. The van der Waals surface area contributed by atoms with E-state index in [4.69, 9.17) is 9.47 Å². The largest absolute Gasteiger partial charge is 0.394 e. The van der Waals surface area contributed by atoms with Crippen molar-refractivity contribution in [2.75, 3.05) is 13.2 Å². The lowest BCUT2D eigenvalue weighted by Crippen LogP contribution is -2.60. The number of hydrogen-bond acceptors (Lipinski definition) is 10. The lowest BCUT2D eigenvalue weighted by molar-refractivity contribution is -0.303. The average molecular weight is 804 g/mol. The van der Waals surface area contributed by atoms with Crippen molar-refractivity contribution in [3.63, 3.8) is 0 Å². The summed E-state index contributed by atoms with van der Waals surface area (Å²) in [6.07, 6.45) is 24.4. The summed E-state index contributed by atoms with van der Waals surface area (Å²) in [5.74, 6) is -0.694. The Morgan fingerprint density at radius 2 is 0.929 bits per heavy atom. The molecule has 1 rings (SSSR count). The Hall–Kier alpha value is -0.890. The molecule has 1 aliphatic heterocycles. The molecule has 0 radical (unpaired) electrons. The fourth-order valence-electron chi connectivity index (χ4n) is 7.74. The summed E-state index contributed by atoms with van der Waals surface area (Å²) in [5.41, 5.74) is 0. The number of ether oxygens (including phenoxy) is 2. The minimum absolute atomic E-state index is 0.266. The zero-order chi connectivity index (χ0) is 41.2. The summed E-state index contributed by atoms with van der Waals surface area (Å²) in [5, 5.41) is 75.6. The predicted octanol–water partition coefficient (Wildman–Crippen LogP) is 7.50. The average Bonchev–Trinajstić information content (AvgIpc) is 3.20. The molecule has 0 aromatic carbocycles. The molecule has 11 nitrogen and oxygen atoms in total. The van der Waals surface area contributed by atoms with Gasteiger partial charge in [0.25, 0.3) is 0 Å². The van der Waals surface area contributed by atoms with E-state index in [1.807, 2.05) is 0 Å². The van der Waals surface area contributed by atoms with E-state index >= 15 is 0 Å². The zero-order valence-corrected chi connectivity index (χ0v) is 35.9. The van der Waals surface area contributed by atoms with Crippen molar-refractivity contribution in [1.82, 2.24) is 5.32 Å². The first-order valence-corrected chi connectivity index (χ1v) is 23.4. The first-order chi connectivity index (χ1) is 27.2. The fourth-order valence-corrected chi connectivity index (χ4v) is 7.74. The molecule has 0 aromatic rings. The van der Waals surface area contributed by atoms with Crippen molar-refractivity contribution >= 4 is 5.91 Å². The van der Waals surface area contributed by atoms with Crippen LogP contribution in [0.4, 0.5) is 0 Å². The number of aliphatic hydroxyl groups is 7. The van der Waals surface area contributed by atoms with Gasteiger partial charge in [-0.2, -0.15) is 0 Å². The molecule has 1 amide bonds. The van der Waals surface area contributed by atoms with Crippen molar-refractivity contribution < 1.29 is 50.0 Å². The predicted molar refractivity (Wildman–Crippen MR) is 224 cm³/mol. The Balaban J connectivity index is 2.41. The molecule has 1 heterocycles. The van der Waals surface area contributed by atoms with Gasteiger partial charge in [-0.15, -0.1) is 0 Å². The van der Waals surface area contributed by atoms with Gasteiger partial charge in [0, 0.05) is 0 Å². The fraction of sp³-hybridized carbons (Fsp3) is 0.978. The quantitative estimate of drug-likeness (QED) is 0.0289. The van der Waals surface area contributed by atoms with Crippen LogP contribution < -0.4 is 5.32 Å². The zero-order valence-electron chi connectivity index (χ0n) is 35.9. The Bertz CT molecular complexity index is 882. The summed E-state index contributed by atoms with van der Waals surface area (Å²) in [4.78, 5) is 13.1. The first kappa shape index (κ1) is 53.1. The monoisotopic (exact) mass is 804 g/mol. The lowest BCUT2D eigenvalue weighted by Gasteiger charge is -2.40. The minimum atomic E-state index is -1.65. The standard InChI is InChI=1S/C45H89NO10/c1-3-5-7-9-11-13-15-16-17-18-19-20-21-23-25-27-29-31-33-38(49)44(54)46-36(35-55-45-43(53)42(52)41(51)39(34-47)56-45)40(50)37(48)32-30-28-26-24-22-14-12-10-8-6-4-2/h36-43,45,47-53H,3-35H2,1-2H3,(H,46,54)/t36-,37+,38+,39+,40-,41+,42-,43+,45+/m0/s1. The Labute approximate surface area is 341 Å². The van der Waals surface area contributed by atoms with Crippen LogP contribution >= 0.6 is 0 Å². The second-order valence-corrected chi connectivity index (χ2v) is 16.8. The third kappa shape index (κ3) is 25.6. The van der Waals surface area contributed by atoms with Gasteiger partial charge in [0.05, 0.1) is 25.4 Å². The molecule has 0 bridgehead atoms. The van der Waals surface area contributed by atoms with Crippen LogP contribution in [-0.2, 0) is 14.3 Å². The maximum atomic E-state index is 13.1. The van der Waals surface area contributed by atoms with Gasteiger partial charge in [-0.1, -0.05) is 200 Å². The number of amides is 1. The molecule has 1 saturated heterocycles. The molecular weight excluding hydrogens is 714 g/mol. The molecule has 0 aliphatic carbocycles. The van der Waals surface area contributed by atoms with Crippen molar-refractivity contribution in [2.24, 2.45) is 0 Å². The van der Waals surface area contributed by atoms with Gasteiger partial charge < -0.3 is 50.5 Å². The van der Waals surface area contributed by atoms with Gasteiger partial charge in [-0.3, -0.25) is 4.79 Å². The Morgan fingerprint density at radius 3 is 1.32 bits per heavy atom. The van der Waals surface area contributed by atoms with Crippen molar-refractivity contribution in [2.45, 2.75) is 268 Å². The number of carbonyl (C=O) groups excluding carboxylic acids is 1. The molecule has 8 N–H and O–H groups in total. The van der Waals surface area contributed by atoms with Crippen molar-refractivity contribution in [1.29, 1.82) is 0 Å². The van der Waals surface area contributed by atoms with Gasteiger partial charge in [-0.05, 0) is 12.8 Å². The van der Waals surface area contributed by atoms with E-state index in [1.165, 1.54) is 135 Å². The maximum absolute atomic E-state index is 13.1. The SMILES string of the molecule is CCCCCCCCCCCCCCCCCCCC[C@@H](O)C(=O)N[C@@H](CO[C@@H]1O[C@H](CO)[C@@H](O)[C@H](O)[C@H]1O)[C@H](O)[C@H](O)CCCCCCCCCCCCC. The number of carbonyl (C=O) groups is 1. The molecule has 9 atom stereocenters. The Kier molecular flexibility index (Phi) is 34.2. The van der Waals surface area contributed by atoms with Crippen LogP contribution in [0.3, 0.4) is 0 Å². The third-order valence-corrected chi connectivity index (χ3v) is 11.7. The van der Waals surface area contributed by atoms with Crippen LogP contribution in [0.2, 0.25) is 0 Å². The highest BCUT2D eigenvalue weighted by Gasteiger charge is 2.44. The summed E-state index contributed by atoms with van der Waals surface area (Å²) >= 11 is 0. The number of nitrogens with one attached hydrogen (secondary N) is 1. The van der Waals surface area contributed by atoms with Crippen LogP contribution in [0.25, 0.3) is 0 Å². The highest BCUT2D eigenvalue weighted by atomic mass is 16.7. The number of hydrogen-bond donors (Lipinski definition) is 8. The first-order valence-electron chi connectivity index (χ1n) is 23.4. The van der Waals surface area contributed by atoms with Crippen molar-refractivity contribution in [3.8, 4) is 0 Å². The van der Waals surface area contributed by atoms with E-state index in [-0.39, 0.29) is 6.42 Å². The summed E-state index contributed by atoms with van der Waals surface area (Å²) in [6.45, 7) is 3.44. The van der Waals surface area contributed by atoms with Crippen LogP contribution in [0.5, 0.6) is 0 Å². The number of unbranched alkanes of at least 4 members (excludes halogenated alkanes) is 27. The van der Waals surface area contributed by atoms with Crippen LogP contribution in [0, 0.1) is 0 Å². The molecule has 1 aliphatic rings. The van der Waals surface area contributed by atoms with Gasteiger partial charge >= 0.3 is 0 Å². The molecule has 56 heavy (non-hydrogen) atoms. The highest BCUT2D eigenvalue weighted by Crippen LogP contribution is 2.23. The van der Waals surface area contributed by atoms with E-state index in [2.05, 4.69) is 19.2 Å². The van der Waals surface area contributed by atoms with Crippen molar-refractivity contribution in [3.05, 3.63) is 0 Å². The Morgan fingerprint density at radius 1 is 0.554 bits per heavy atom. The van der Waals surface area contributed by atoms with Gasteiger partial charge in [-0.25, -0.2) is 0 Å². The minimum Gasteiger partial charge on any atom is -0.394 e. The van der Waals surface area contributed by atoms with Crippen LogP contribution in [0.1, 0.15) is 213 Å². The second kappa shape index (κ2) is 36.0. The van der Waals surface area contributed by atoms with E-state index in [0.29, 0.717) is 19.3 Å². The third-order valence-electron chi connectivity index (χ3n) is 11.7. The van der Waals surface area contributed by atoms with Gasteiger partial charge in [0.15, 0.2) is 6.29 Å². The molecule has 334 valence electrons. The molecule has 0 aromatic heterocycles. The molecule has 11 heteroatoms. The van der Waals surface area contributed by atoms with Gasteiger partial charge in [0.1, 0.15) is 36.6 Å². The van der Waals surface area contributed by atoms with E-state index in [9.17, 15) is 40.5 Å². The molecule has 0 saturated carbocycles. The van der Waals surface area contributed by atoms with E-state index in [1.54, 1.807) is 0 Å². The second-order valence-electron chi connectivity index (χ2n) is 16.8. The summed E-state index contributed by atoms with van der Waals surface area (Å²) in [7, 11) is 0. The maximum Gasteiger partial charge on any atom is 0.249 e. The van der Waals surface area contributed by atoms with E-state index in [0.717, 1.165) is 38.5 Å². The topological polar surface area (TPSA) is 189 Å². The lowest BCUT2D eigenvalue weighted by atomic mass is 9.98. The van der Waals surface area contributed by atoms with Crippen LogP contribution in [-0.4, -0.2) is 110 Å². The smallest absolute Gasteiger partial charge is 0.249 e.